The molecule has 0 radical (unpaired) electrons. The molecule has 2 rings (SSSR count). The van der Waals surface area contributed by atoms with Gasteiger partial charge in [0.1, 0.15) is 5.75 Å². The number of phenolic OH excluding ortho intramolecular Hbond substituents is 1. The molecule has 2 aromatic carbocycles. The molecule has 0 aliphatic rings. The molecule has 0 atom stereocenters. The molecule has 20 heavy (non-hydrogen) atoms. The van der Waals surface area contributed by atoms with Crippen LogP contribution in [0.15, 0.2) is 36.4 Å². The lowest BCUT2D eigenvalue weighted by molar-refractivity contribution is 0.355. The van der Waals surface area contributed by atoms with Crippen molar-refractivity contribution < 1.29 is 14.6 Å². The van der Waals surface area contributed by atoms with Crippen LogP contribution < -0.4 is 15.2 Å². The number of hydrogen-bond acceptors (Lipinski definition) is 4. The first-order valence-electron chi connectivity index (χ1n) is 6.44. The molecule has 0 unspecified atom stereocenters. The minimum atomic E-state index is 0.234. The van der Waals surface area contributed by atoms with E-state index in [1.165, 1.54) is 0 Å². The summed E-state index contributed by atoms with van der Waals surface area (Å²) in [7, 11) is 3.18. The molecule has 2 aromatic rings. The van der Waals surface area contributed by atoms with Crippen molar-refractivity contribution in [2.45, 2.75) is 6.42 Å². The maximum Gasteiger partial charge on any atom is 0.161 e. The van der Waals surface area contributed by atoms with Gasteiger partial charge in [0.2, 0.25) is 0 Å². The van der Waals surface area contributed by atoms with E-state index in [-0.39, 0.29) is 5.75 Å². The lowest BCUT2D eigenvalue weighted by Crippen LogP contribution is -2.02. The van der Waals surface area contributed by atoms with E-state index in [9.17, 15) is 5.11 Å². The average molecular weight is 273 g/mol. The van der Waals surface area contributed by atoms with Crippen LogP contribution in [-0.4, -0.2) is 25.9 Å². The summed E-state index contributed by atoms with van der Waals surface area (Å²) in [6.07, 6.45) is 0.778. The molecule has 0 saturated carbocycles. The van der Waals surface area contributed by atoms with Crippen LogP contribution in [0.1, 0.15) is 5.56 Å². The largest absolute Gasteiger partial charge is 0.507 e. The van der Waals surface area contributed by atoms with Crippen LogP contribution in [0.3, 0.4) is 0 Å². The van der Waals surface area contributed by atoms with Gasteiger partial charge in [-0.25, -0.2) is 0 Å². The summed E-state index contributed by atoms with van der Waals surface area (Å²) in [5.74, 6) is 1.53. The van der Waals surface area contributed by atoms with Gasteiger partial charge in [-0.3, -0.25) is 0 Å². The Hall–Kier alpha value is -2.20. The van der Waals surface area contributed by atoms with Gasteiger partial charge < -0.3 is 20.3 Å². The van der Waals surface area contributed by atoms with Gasteiger partial charge in [0, 0.05) is 5.56 Å². The molecule has 3 N–H and O–H groups in total. The van der Waals surface area contributed by atoms with Crippen LogP contribution in [0.4, 0.5) is 0 Å². The van der Waals surface area contributed by atoms with Crippen LogP contribution in [0.2, 0.25) is 0 Å². The van der Waals surface area contributed by atoms with E-state index in [1.807, 2.05) is 30.3 Å². The van der Waals surface area contributed by atoms with Crippen molar-refractivity contribution in [1.29, 1.82) is 0 Å². The molecule has 4 heteroatoms. The third-order valence-electron chi connectivity index (χ3n) is 3.19. The second-order valence-electron chi connectivity index (χ2n) is 4.46. The molecule has 0 spiro atoms. The van der Waals surface area contributed by atoms with E-state index in [4.69, 9.17) is 15.2 Å². The van der Waals surface area contributed by atoms with E-state index in [2.05, 4.69) is 0 Å². The highest BCUT2D eigenvalue weighted by Crippen LogP contribution is 2.36. The van der Waals surface area contributed by atoms with E-state index < -0.39 is 0 Å². The predicted octanol–water partition coefficient (Wildman–Crippen LogP) is 2.58. The third-order valence-corrected chi connectivity index (χ3v) is 3.19. The number of aromatic hydroxyl groups is 1. The van der Waals surface area contributed by atoms with E-state index in [1.54, 1.807) is 20.3 Å². The number of rotatable bonds is 5. The smallest absolute Gasteiger partial charge is 0.161 e. The number of ether oxygens (including phenoxy) is 2. The minimum absolute atomic E-state index is 0.234. The molecule has 0 aromatic heterocycles. The summed E-state index contributed by atoms with van der Waals surface area (Å²) in [6.45, 7) is 0.580. The van der Waals surface area contributed by atoms with Gasteiger partial charge in [-0.2, -0.15) is 0 Å². The summed E-state index contributed by atoms with van der Waals surface area (Å²) in [6, 6.07) is 11.1. The molecule has 0 heterocycles. The second-order valence-corrected chi connectivity index (χ2v) is 4.46. The third kappa shape index (κ3) is 2.86. The average Bonchev–Trinajstić information content (AvgIpc) is 2.48. The Morgan fingerprint density at radius 2 is 1.75 bits per heavy atom. The van der Waals surface area contributed by atoms with Gasteiger partial charge in [-0.05, 0) is 48.4 Å². The lowest BCUT2D eigenvalue weighted by atomic mass is 10.00. The molecular weight excluding hydrogens is 254 g/mol. The van der Waals surface area contributed by atoms with E-state index in [0.717, 1.165) is 23.1 Å². The zero-order chi connectivity index (χ0) is 14.5. The number of hydrogen-bond donors (Lipinski definition) is 2. The van der Waals surface area contributed by atoms with Crippen molar-refractivity contribution in [1.82, 2.24) is 0 Å². The van der Waals surface area contributed by atoms with Crippen LogP contribution in [0.25, 0.3) is 11.1 Å². The maximum atomic E-state index is 10.0. The van der Waals surface area contributed by atoms with Crippen molar-refractivity contribution >= 4 is 0 Å². The molecule has 0 bridgehead atoms. The SMILES string of the molecule is COc1ccc(-c2cc(CCN)ccc2O)cc1OC. The van der Waals surface area contributed by atoms with Gasteiger partial charge in [0.05, 0.1) is 14.2 Å². The van der Waals surface area contributed by atoms with Gasteiger partial charge in [0.15, 0.2) is 11.5 Å². The highest BCUT2D eigenvalue weighted by molar-refractivity contribution is 5.73. The summed E-state index contributed by atoms with van der Waals surface area (Å²) >= 11 is 0. The zero-order valence-corrected chi connectivity index (χ0v) is 11.7. The summed E-state index contributed by atoms with van der Waals surface area (Å²) in [4.78, 5) is 0. The molecule has 4 nitrogen and oxygen atoms in total. The van der Waals surface area contributed by atoms with Crippen LogP contribution >= 0.6 is 0 Å². The summed E-state index contributed by atoms with van der Waals surface area (Å²) < 4.78 is 10.5. The van der Waals surface area contributed by atoms with Crippen molar-refractivity contribution in [3.63, 3.8) is 0 Å². The standard InChI is InChI=1S/C16H19NO3/c1-19-15-6-4-12(10-16(15)20-2)13-9-11(7-8-17)3-5-14(13)18/h3-6,9-10,18H,7-8,17H2,1-2H3. The van der Waals surface area contributed by atoms with Gasteiger partial charge in [-0.15, -0.1) is 0 Å². The van der Waals surface area contributed by atoms with Gasteiger partial charge >= 0.3 is 0 Å². The monoisotopic (exact) mass is 273 g/mol. The Kier molecular flexibility index (Phi) is 4.48. The molecule has 0 saturated heterocycles. The lowest BCUT2D eigenvalue weighted by Gasteiger charge is -2.11. The highest BCUT2D eigenvalue weighted by atomic mass is 16.5. The molecule has 106 valence electrons. The highest BCUT2D eigenvalue weighted by Gasteiger charge is 2.10. The minimum Gasteiger partial charge on any atom is -0.507 e. The van der Waals surface area contributed by atoms with E-state index >= 15 is 0 Å². The first kappa shape index (κ1) is 14.2. The fraction of sp³-hybridized carbons (Fsp3) is 0.250. The van der Waals surface area contributed by atoms with Crippen LogP contribution in [-0.2, 0) is 6.42 Å². The fourth-order valence-corrected chi connectivity index (χ4v) is 2.14. The number of benzene rings is 2. The van der Waals surface area contributed by atoms with Gasteiger partial charge in [-0.1, -0.05) is 12.1 Å². The Balaban J connectivity index is 2.47. The maximum absolute atomic E-state index is 10.0. The molecule has 0 aliphatic heterocycles. The number of methoxy groups -OCH3 is 2. The molecule has 0 aliphatic carbocycles. The fourth-order valence-electron chi connectivity index (χ4n) is 2.14. The Morgan fingerprint density at radius 3 is 2.40 bits per heavy atom. The van der Waals surface area contributed by atoms with Crippen molar-refractivity contribution in [2.75, 3.05) is 20.8 Å². The van der Waals surface area contributed by atoms with Gasteiger partial charge in [0.25, 0.3) is 0 Å². The second kappa shape index (κ2) is 6.30. The first-order valence-corrected chi connectivity index (χ1v) is 6.44. The summed E-state index contributed by atoms with van der Waals surface area (Å²) in [5, 5.41) is 10.0. The molecule has 0 fully saturated rings. The number of phenols is 1. The Bertz CT molecular complexity index is 596. The van der Waals surface area contributed by atoms with Crippen molar-refractivity contribution in [2.24, 2.45) is 5.73 Å². The zero-order valence-electron chi connectivity index (χ0n) is 11.7. The van der Waals surface area contributed by atoms with Crippen LogP contribution in [0, 0.1) is 0 Å². The summed E-state index contributed by atoms with van der Waals surface area (Å²) in [5.41, 5.74) is 8.30. The normalized spacial score (nSPS) is 10.3. The van der Waals surface area contributed by atoms with Crippen molar-refractivity contribution in [3.05, 3.63) is 42.0 Å². The number of nitrogens with two attached hydrogens (primary N) is 1. The first-order chi connectivity index (χ1) is 9.69. The molecule has 0 amide bonds. The van der Waals surface area contributed by atoms with E-state index in [0.29, 0.717) is 18.0 Å². The quantitative estimate of drug-likeness (QED) is 0.878. The predicted molar refractivity (Wildman–Crippen MR) is 79.4 cm³/mol. The Morgan fingerprint density at radius 1 is 1.00 bits per heavy atom. The van der Waals surface area contributed by atoms with Crippen LogP contribution in [0.5, 0.6) is 17.2 Å². The topological polar surface area (TPSA) is 64.7 Å². The Labute approximate surface area is 118 Å². The van der Waals surface area contributed by atoms with Crippen molar-refractivity contribution in [3.8, 4) is 28.4 Å². The molecular formula is C16H19NO3.